The van der Waals surface area contributed by atoms with Gasteiger partial charge in [-0.25, -0.2) is 0 Å². The number of likely N-dealkylation sites (tertiary alicyclic amines) is 1. The summed E-state index contributed by atoms with van der Waals surface area (Å²) in [6, 6.07) is -3.07. The highest BCUT2D eigenvalue weighted by Crippen LogP contribution is 2.41. The second kappa shape index (κ2) is 12.4. The van der Waals surface area contributed by atoms with E-state index in [0.717, 1.165) is 12.8 Å². The molecule has 11 nitrogen and oxygen atoms in total. The predicted octanol–water partition coefficient (Wildman–Crippen LogP) is 0.0828. The van der Waals surface area contributed by atoms with Gasteiger partial charge in [-0.05, 0) is 37.5 Å². The van der Waals surface area contributed by atoms with E-state index in [1.807, 2.05) is 6.92 Å². The van der Waals surface area contributed by atoms with E-state index in [0.29, 0.717) is 19.3 Å². The Morgan fingerprint density at radius 2 is 1.66 bits per heavy atom. The average Bonchev–Trinajstić information content (AvgIpc) is 3.48. The quantitative estimate of drug-likeness (QED) is 0.258. The van der Waals surface area contributed by atoms with E-state index in [-0.39, 0.29) is 36.6 Å². The molecule has 0 aromatic rings. The molecule has 2 saturated carbocycles. The van der Waals surface area contributed by atoms with E-state index < -0.39 is 65.5 Å². The molecule has 1 heterocycles. The Morgan fingerprint density at radius 1 is 1.00 bits per heavy atom. The highest BCUT2D eigenvalue weighted by molar-refractivity contribution is 6.38. The molecule has 38 heavy (non-hydrogen) atoms. The molecule has 212 valence electrons. The molecular formula is C27H42N4O7. The highest BCUT2D eigenvalue weighted by atomic mass is 16.3. The molecule has 4 N–H and O–H groups in total. The molecular weight excluding hydrogens is 492 g/mol. The van der Waals surface area contributed by atoms with E-state index in [9.17, 15) is 33.9 Å². The lowest BCUT2D eigenvalue weighted by Crippen LogP contribution is -2.59. The zero-order valence-corrected chi connectivity index (χ0v) is 23.0. The molecule has 0 aromatic carbocycles. The fourth-order valence-corrected chi connectivity index (χ4v) is 5.36. The number of nitrogens with zero attached hydrogens (tertiary/aromatic N) is 1. The van der Waals surface area contributed by atoms with Crippen LogP contribution in [0.3, 0.4) is 0 Å². The van der Waals surface area contributed by atoms with Gasteiger partial charge in [-0.15, -0.1) is 0 Å². The number of aliphatic hydroxyl groups is 1. The molecule has 3 aliphatic rings. The van der Waals surface area contributed by atoms with Gasteiger partial charge in [0.05, 0.1) is 6.04 Å². The van der Waals surface area contributed by atoms with Crippen molar-refractivity contribution in [3.63, 3.8) is 0 Å². The van der Waals surface area contributed by atoms with E-state index in [1.165, 1.54) is 4.90 Å². The van der Waals surface area contributed by atoms with Crippen molar-refractivity contribution in [3.05, 3.63) is 0 Å². The Balaban J connectivity index is 1.82. The van der Waals surface area contributed by atoms with Gasteiger partial charge in [0.15, 0.2) is 0 Å². The monoisotopic (exact) mass is 534 g/mol. The van der Waals surface area contributed by atoms with Crippen LogP contribution in [0, 0.1) is 23.7 Å². The van der Waals surface area contributed by atoms with Crippen molar-refractivity contribution in [2.75, 3.05) is 6.54 Å². The number of aliphatic hydroxyl groups excluding tert-OH is 1. The molecule has 6 atom stereocenters. The number of rotatable bonds is 12. The van der Waals surface area contributed by atoms with Crippen molar-refractivity contribution in [1.29, 1.82) is 0 Å². The molecule has 4 amide bonds. The molecule has 0 aromatic heterocycles. The minimum Gasteiger partial charge on any atom is -0.383 e. The van der Waals surface area contributed by atoms with Gasteiger partial charge in [0.2, 0.25) is 23.5 Å². The average molecular weight is 535 g/mol. The Labute approximate surface area is 223 Å². The number of hydrogen-bond donors (Lipinski definition) is 4. The maximum absolute atomic E-state index is 13.8. The summed E-state index contributed by atoms with van der Waals surface area (Å²) in [5.41, 5.74) is 0. The maximum atomic E-state index is 13.8. The third-order valence-corrected chi connectivity index (χ3v) is 7.82. The topological polar surface area (TPSA) is 162 Å². The lowest BCUT2D eigenvalue weighted by molar-refractivity contribution is -0.146. The normalized spacial score (nSPS) is 25.1. The molecule has 2 aliphatic carbocycles. The van der Waals surface area contributed by atoms with Crippen LogP contribution in [0.25, 0.3) is 0 Å². The van der Waals surface area contributed by atoms with Gasteiger partial charge in [0.25, 0.3) is 5.91 Å². The largest absolute Gasteiger partial charge is 0.383 e. The number of hydrogen-bond acceptors (Lipinski definition) is 7. The number of nitrogens with one attached hydrogen (secondary N) is 3. The van der Waals surface area contributed by atoms with E-state index in [1.54, 1.807) is 27.7 Å². The van der Waals surface area contributed by atoms with Crippen molar-refractivity contribution >= 4 is 35.2 Å². The summed E-state index contributed by atoms with van der Waals surface area (Å²) in [7, 11) is 0. The summed E-state index contributed by atoms with van der Waals surface area (Å²) in [5, 5.41) is 18.2. The highest BCUT2D eigenvalue weighted by Gasteiger charge is 2.54. The van der Waals surface area contributed by atoms with Gasteiger partial charge < -0.3 is 26.0 Å². The number of Topliss-reactive ketones (excluding diaryl/α,β-unsaturated/α-hetero) is 2. The van der Waals surface area contributed by atoms with Gasteiger partial charge in [-0.1, -0.05) is 41.0 Å². The Kier molecular flexibility index (Phi) is 9.67. The van der Waals surface area contributed by atoms with Crippen LogP contribution in [0.4, 0.5) is 0 Å². The summed E-state index contributed by atoms with van der Waals surface area (Å²) in [5.74, 6) is -4.88. The first-order chi connectivity index (χ1) is 17.9. The lowest BCUT2D eigenvalue weighted by atomic mass is 9.92. The minimum atomic E-state index is -1.30. The third kappa shape index (κ3) is 6.59. The van der Waals surface area contributed by atoms with Crippen LogP contribution in [-0.4, -0.2) is 82.0 Å². The van der Waals surface area contributed by atoms with Gasteiger partial charge in [0, 0.05) is 30.8 Å². The molecule has 3 fully saturated rings. The number of fused-ring (bicyclic) bond motifs is 1. The van der Waals surface area contributed by atoms with E-state index in [2.05, 4.69) is 16.0 Å². The molecule has 3 rings (SSSR count). The van der Waals surface area contributed by atoms with Crippen LogP contribution in [0.5, 0.6) is 0 Å². The summed E-state index contributed by atoms with van der Waals surface area (Å²) in [6.45, 7) is 8.74. The first-order valence-corrected chi connectivity index (χ1v) is 13.8. The molecule has 0 radical (unpaired) electrons. The van der Waals surface area contributed by atoms with Gasteiger partial charge in [-0.3, -0.25) is 28.8 Å². The number of carbonyl (C=O) groups excluding carboxylic acids is 6. The van der Waals surface area contributed by atoms with Crippen molar-refractivity contribution in [1.82, 2.24) is 20.9 Å². The minimum absolute atomic E-state index is 0.00461. The van der Waals surface area contributed by atoms with Crippen molar-refractivity contribution in [2.24, 2.45) is 23.7 Å². The Morgan fingerprint density at radius 3 is 2.21 bits per heavy atom. The van der Waals surface area contributed by atoms with Crippen LogP contribution in [-0.2, 0) is 28.8 Å². The fourth-order valence-electron chi connectivity index (χ4n) is 5.36. The summed E-state index contributed by atoms with van der Waals surface area (Å²) in [4.78, 5) is 79.2. The van der Waals surface area contributed by atoms with Crippen molar-refractivity contribution in [2.45, 2.75) is 103 Å². The summed E-state index contributed by atoms with van der Waals surface area (Å²) >= 11 is 0. The first kappa shape index (κ1) is 29.7. The van der Waals surface area contributed by atoms with Crippen LogP contribution >= 0.6 is 0 Å². The lowest BCUT2D eigenvalue weighted by Gasteiger charge is -2.33. The molecule has 11 heteroatoms. The van der Waals surface area contributed by atoms with Crippen LogP contribution < -0.4 is 16.0 Å². The molecule has 0 bridgehead atoms. The van der Waals surface area contributed by atoms with Crippen LogP contribution in [0.15, 0.2) is 0 Å². The van der Waals surface area contributed by atoms with Crippen molar-refractivity contribution < 1.29 is 33.9 Å². The predicted molar refractivity (Wildman–Crippen MR) is 137 cm³/mol. The standard InChI is InChI=1S/C27H42N4O7/c1-6-7-18(23(34)26(37)28-15-8-9-15)29-24(35)21-16-10-11-19(32)17(16)12-31(21)27(38)20(13(2)3)30-25(36)22(33)14(4)5/h13-18,20-22,33H,6-12H2,1-5H3,(H,28,37)(H,29,35)(H,30,36)/t16-,17-,18?,20-,21-,22?/m0/s1. The van der Waals surface area contributed by atoms with Gasteiger partial charge in [0.1, 0.15) is 24.0 Å². The Bertz CT molecular complexity index is 961. The molecule has 1 aliphatic heterocycles. The summed E-state index contributed by atoms with van der Waals surface area (Å²) < 4.78 is 0. The second-order valence-electron chi connectivity index (χ2n) is 11.6. The zero-order valence-electron chi connectivity index (χ0n) is 23.0. The van der Waals surface area contributed by atoms with Gasteiger partial charge >= 0.3 is 0 Å². The SMILES string of the molecule is CCCC(NC(=O)[C@@H]1[C@H]2CCC(=O)[C@H]2CN1C(=O)[C@@H](NC(=O)C(O)C(C)C)C(C)C)C(=O)C(=O)NC1CC1. The molecule has 0 spiro atoms. The van der Waals surface area contributed by atoms with Crippen molar-refractivity contribution in [3.8, 4) is 0 Å². The zero-order chi connectivity index (χ0) is 28.3. The van der Waals surface area contributed by atoms with E-state index >= 15 is 0 Å². The number of carbonyl (C=O) groups is 6. The third-order valence-electron chi connectivity index (χ3n) is 7.82. The summed E-state index contributed by atoms with van der Waals surface area (Å²) in [6.07, 6.45) is 1.89. The molecule has 2 unspecified atom stereocenters. The Hall–Kier alpha value is -2.82. The van der Waals surface area contributed by atoms with Crippen LogP contribution in [0.2, 0.25) is 0 Å². The maximum Gasteiger partial charge on any atom is 0.289 e. The second-order valence-corrected chi connectivity index (χ2v) is 11.6. The number of ketones is 2. The first-order valence-electron chi connectivity index (χ1n) is 13.8. The fraction of sp³-hybridized carbons (Fsp3) is 0.778. The smallest absolute Gasteiger partial charge is 0.289 e. The number of amides is 4. The van der Waals surface area contributed by atoms with E-state index in [4.69, 9.17) is 0 Å². The van der Waals surface area contributed by atoms with Gasteiger partial charge in [-0.2, -0.15) is 0 Å². The molecule has 1 saturated heterocycles. The van der Waals surface area contributed by atoms with Crippen LogP contribution in [0.1, 0.15) is 73.1 Å².